The number of unbranched alkanes of at least 4 members (excludes halogenated alkanes) is 12. The van der Waals surface area contributed by atoms with E-state index in [0.717, 1.165) is 26.1 Å². The second-order valence-electron chi connectivity index (χ2n) is 7.56. The van der Waals surface area contributed by atoms with Crippen molar-refractivity contribution < 1.29 is 28.8 Å². The van der Waals surface area contributed by atoms with Crippen molar-refractivity contribution in [3.8, 4) is 0 Å². The van der Waals surface area contributed by atoms with Crippen molar-refractivity contribution >= 4 is 5.97 Å². The fraction of sp³-hybridized carbons (Fsp3) is 0.955. The minimum atomic E-state index is -0.910. The smallest absolute Gasteiger partial charge is 0.550 e. The summed E-state index contributed by atoms with van der Waals surface area (Å²) in [5.74, 6) is -0.910. The number of carboxylic acids is 1. The summed E-state index contributed by atoms with van der Waals surface area (Å²) in [6, 6.07) is 0. The molecular weight excluding hydrogens is 317 g/mol. The number of hydrogen-bond acceptors (Lipinski definition) is 3. The number of carbonyl (C=O) groups is 1. The molecule has 0 spiro atoms. The molecular formula is C22H44LiNO2. The van der Waals surface area contributed by atoms with Gasteiger partial charge in [-0.25, -0.2) is 0 Å². The third-order valence-corrected chi connectivity index (χ3v) is 5.01. The van der Waals surface area contributed by atoms with Gasteiger partial charge in [0.1, 0.15) is 0 Å². The topological polar surface area (TPSA) is 43.4 Å². The van der Waals surface area contributed by atoms with Crippen LogP contribution in [0.25, 0.3) is 0 Å². The van der Waals surface area contributed by atoms with Gasteiger partial charge in [0.15, 0.2) is 0 Å². The summed E-state index contributed by atoms with van der Waals surface area (Å²) in [6.07, 6.45) is 19.6. The molecule has 4 heteroatoms. The van der Waals surface area contributed by atoms with Gasteiger partial charge < -0.3 is 14.8 Å². The Hall–Kier alpha value is 0.0274. The molecule has 0 heterocycles. The van der Waals surface area contributed by atoms with Crippen LogP contribution in [0.3, 0.4) is 0 Å². The van der Waals surface area contributed by atoms with Crippen LogP contribution in [0.1, 0.15) is 117 Å². The Balaban J connectivity index is 0. The first-order chi connectivity index (χ1) is 12.2. The van der Waals surface area contributed by atoms with Crippen molar-refractivity contribution in [2.24, 2.45) is 0 Å². The maximum atomic E-state index is 10.6. The normalized spacial score (nSPS) is 10.9. The van der Waals surface area contributed by atoms with Crippen LogP contribution in [-0.2, 0) is 4.79 Å². The van der Waals surface area contributed by atoms with Gasteiger partial charge in [-0.1, -0.05) is 90.9 Å². The molecule has 0 aliphatic rings. The number of nitrogens with zero attached hydrogens (tertiary/aromatic N) is 1. The SMILES string of the molecule is CCCCCCCCCN(CCCCCCCCC)CCCC(=O)[O-].[Li+]. The Morgan fingerprint density at radius 3 is 1.35 bits per heavy atom. The third kappa shape index (κ3) is 22.1. The van der Waals surface area contributed by atoms with Gasteiger partial charge in [0.25, 0.3) is 0 Å². The van der Waals surface area contributed by atoms with Crippen molar-refractivity contribution in [2.45, 2.75) is 117 Å². The van der Waals surface area contributed by atoms with E-state index in [1.807, 2.05) is 0 Å². The molecule has 0 aromatic rings. The molecule has 150 valence electrons. The van der Waals surface area contributed by atoms with E-state index in [9.17, 15) is 9.90 Å². The summed E-state index contributed by atoms with van der Waals surface area (Å²) in [4.78, 5) is 13.1. The maximum Gasteiger partial charge on any atom is 1.00 e. The minimum absolute atomic E-state index is 0. The molecule has 0 aromatic heterocycles. The molecule has 0 saturated heterocycles. The van der Waals surface area contributed by atoms with Crippen LogP contribution in [-0.4, -0.2) is 30.5 Å². The van der Waals surface area contributed by atoms with Gasteiger partial charge in [0.05, 0.1) is 0 Å². The molecule has 0 N–H and O–H groups in total. The molecule has 3 nitrogen and oxygen atoms in total. The monoisotopic (exact) mass is 361 g/mol. The molecule has 0 aromatic carbocycles. The van der Waals surface area contributed by atoms with Crippen LogP contribution in [0, 0.1) is 0 Å². The Morgan fingerprint density at radius 1 is 0.615 bits per heavy atom. The molecule has 26 heavy (non-hydrogen) atoms. The minimum Gasteiger partial charge on any atom is -0.550 e. The van der Waals surface area contributed by atoms with Crippen LogP contribution in [0.15, 0.2) is 0 Å². The van der Waals surface area contributed by atoms with Crippen molar-refractivity contribution in [2.75, 3.05) is 19.6 Å². The van der Waals surface area contributed by atoms with Crippen LogP contribution in [0.5, 0.6) is 0 Å². The first-order valence-corrected chi connectivity index (χ1v) is 11.1. The molecule has 0 radical (unpaired) electrons. The molecule has 0 unspecified atom stereocenters. The number of hydrogen-bond donors (Lipinski definition) is 0. The molecule has 0 aliphatic heterocycles. The average Bonchev–Trinajstić information content (AvgIpc) is 2.59. The van der Waals surface area contributed by atoms with E-state index in [4.69, 9.17) is 0 Å². The summed E-state index contributed by atoms with van der Waals surface area (Å²) in [6.45, 7) is 7.70. The van der Waals surface area contributed by atoms with Gasteiger partial charge in [-0.05, 0) is 45.3 Å². The molecule has 0 rings (SSSR count). The average molecular weight is 362 g/mol. The van der Waals surface area contributed by atoms with Crippen LogP contribution in [0.2, 0.25) is 0 Å². The summed E-state index contributed by atoms with van der Waals surface area (Å²) in [7, 11) is 0. The number of rotatable bonds is 20. The number of aliphatic carboxylic acids is 1. The van der Waals surface area contributed by atoms with E-state index < -0.39 is 5.97 Å². The zero-order valence-corrected chi connectivity index (χ0v) is 18.2. The van der Waals surface area contributed by atoms with Crippen molar-refractivity contribution in [1.29, 1.82) is 0 Å². The number of carbonyl (C=O) groups excluding carboxylic acids is 1. The molecule has 0 saturated carbocycles. The molecule has 0 atom stereocenters. The summed E-state index contributed by atoms with van der Waals surface area (Å²) in [5, 5.41) is 10.6. The van der Waals surface area contributed by atoms with Crippen molar-refractivity contribution in [3.63, 3.8) is 0 Å². The first-order valence-electron chi connectivity index (χ1n) is 11.1. The second kappa shape index (κ2) is 23.1. The molecule has 0 bridgehead atoms. The Kier molecular flexibility index (Phi) is 25.1. The summed E-state index contributed by atoms with van der Waals surface area (Å²) < 4.78 is 0. The quantitative estimate of drug-likeness (QED) is 0.247. The third-order valence-electron chi connectivity index (χ3n) is 5.01. The van der Waals surface area contributed by atoms with Gasteiger partial charge in [-0.2, -0.15) is 0 Å². The van der Waals surface area contributed by atoms with E-state index in [-0.39, 0.29) is 25.3 Å². The first kappa shape index (κ1) is 28.2. The van der Waals surface area contributed by atoms with E-state index in [1.54, 1.807) is 0 Å². The second-order valence-corrected chi connectivity index (χ2v) is 7.56. The zero-order valence-electron chi connectivity index (χ0n) is 18.2. The Labute approximate surface area is 175 Å². The van der Waals surface area contributed by atoms with Crippen molar-refractivity contribution in [3.05, 3.63) is 0 Å². The predicted octanol–water partition coefficient (Wildman–Crippen LogP) is 2.32. The van der Waals surface area contributed by atoms with Crippen molar-refractivity contribution in [1.82, 2.24) is 4.90 Å². The fourth-order valence-corrected chi connectivity index (χ4v) is 3.37. The van der Waals surface area contributed by atoms with E-state index >= 15 is 0 Å². The Bertz CT molecular complexity index is 269. The largest absolute Gasteiger partial charge is 1.00 e. The van der Waals surface area contributed by atoms with Crippen LogP contribution in [0.4, 0.5) is 0 Å². The van der Waals surface area contributed by atoms with Crippen LogP contribution < -0.4 is 24.0 Å². The van der Waals surface area contributed by atoms with E-state index in [1.165, 1.54) is 89.9 Å². The fourth-order valence-electron chi connectivity index (χ4n) is 3.37. The maximum absolute atomic E-state index is 10.6. The van der Waals surface area contributed by atoms with Gasteiger partial charge in [0, 0.05) is 5.97 Å². The van der Waals surface area contributed by atoms with Gasteiger partial charge in [0.2, 0.25) is 0 Å². The summed E-state index contributed by atoms with van der Waals surface area (Å²) >= 11 is 0. The van der Waals surface area contributed by atoms with Crippen LogP contribution >= 0.6 is 0 Å². The molecule has 0 fully saturated rings. The molecule has 0 aliphatic carbocycles. The predicted molar refractivity (Wildman–Crippen MR) is 107 cm³/mol. The standard InChI is InChI=1S/C22H45NO2.Li/c1-3-5-7-9-11-13-15-19-23(21-17-18-22(24)25)20-16-14-12-10-8-6-4-2;/h3-21H2,1-2H3,(H,24,25);/q;+1/p-1. The van der Waals surface area contributed by atoms with E-state index in [2.05, 4.69) is 18.7 Å². The molecule has 0 amide bonds. The van der Waals surface area contributed by atoms with Gasteiger partial charge in [-0.3, -0.25) is 0 Å². The zero-order chi connectivity index (χ0) is 18.6. The van der Waals surface area contributed by atoms with E-state index in [0.29, 0.717) is 0 Å². The summed E-state index contributed by atoms with van der Waals surface area (Å²) in [5.41, 5.74) is 0. The number of carboxylic acid groups (broad SMARTS) is 1. The van der Waals surface area contributed by atoms with Gasteiger partial charge in [-0.15, -0.1) is 0 Å². The van der Waals surface area contributed by atoms with Gasteiger partial charge >= 0.3 is 18.9 Å². The Morgan fingerprint density at radius 2 is 0.962 bits per heavy atom.